The van der Waals surface area contributed by atoms with Gasteiger partial charge in [0.05, 0.1) is 7.11 Å². The fourth-order valence-electron chi connectivity index (χ4n) is 3.40. The van der Waals surface area contributed by atoms with E-state index in [0.29, 0.717) is 30.2 Å². The molecule has 27 heavy (non-hydrogen) atoms. The van der Waals surface area contributed by atoms with Crippen molar-refractivity contribution in [1.29, 1.82) is 0 Å². The highest BCUT2D eigenvalue weighted by atomic mass is 79.9. The van der Waals surface area contributed by atoms with Crippen molar-refractivity contribution in [2.45, 2.75) is 43.9 Å². The Balaban J connectivity index is 2.07. The van der Waals surface area contributed by atoms with Crippen LogP contribution in [-0.2, 0) is 9.53 Å². The van der Waals surface area contributed by atoms with Gasteiger partial charge in [-0.15, -0.1) is 0 Å². The highest BCUT2D eigenvalue weighted by Crippen LogP contribution is 2.39. The van der Waals surface area contributed by atoms with Gasteiger partial charge in [-0.05, 0) is 43.4 Å². The van der Waals surface area contributed by atoms with Gasteiger partial charge in [0.1, 0.15) is 0 Å². The minimum atomic E-state index is -4.58. The molecule has 0 bridgehead atoms. The average molecular weight is 451 g/mol. The Morgan fingerprint density at radius 1 is 1.19 bits per heavy atom. The van der Waals surface area contributed by atoms with Gasteiger partial charge in [-0.2, -0.15) is 13.2 Å². The van der Waals surface area contributed by atoms with Crippen LogP contribution < -0.4 is 5.32 Å². The third kappa shape index (κ3) is 5.60. The van der Waals surface area contributed by atoms with E-state index < -0.39 is 30.1 Å². The lowest BCUT2D eigenvalue weighted by Gasteiger charge is -2.35. The maximum Gasteiger partial charge on any atom is 0.413 e. The average Bonchev–Trinajstić information content (AvgIpc) is 2.62. The van der Waals surface area contributed by atoms with Gasteiger partial charge < -0.3 is 15.0 Å². The molecule has 1 aromatic rings. The third-order valence-corrected chi connectivity index (χ3v) is 5.34. The molecule has 0 unspecified atom stereocenters. The van der Waals surface area contributed by atoms with Gasteiger partial charge in [-0.25, -0.2) is 4.79 Å². The van der Waals surface area contributed by atoms with Gasteiger partial charge in [0.2, 0.25) is 5.91 Å². The second-order valence-corrected chi connectivity index (χ2v) is 7.54. The molecule has 1 N–H and O–H groups in total. The first-order valence-electron chi connectivity index (χ1n) is 8.56. The van der Waals surface area contributed by atoms with Gasteiger partial charge in [-0.3, -0.25) is 4.79 Å². The minimum absolute atomic E-state index is 0.0163. The number of halogens is 4. The largest absolute Gasteiger partial charge is 0.453 e. The molecule has 9 heteroatoms. The zero-order valence-electron chi connectivity index (χ0n) is 15.1. The van der Waals surface area contributed by atoms with E-state index in [1.54, 1.807) is 0 Å². The van der Waals surface area contributed by atoms with Crippen LogP contribution in [0.1, 0.15) is 37.3 Å². The van der Waals surface area contributed by atoms with Crippen molar-refractivity contribution in [3.63, 3.8) is 0 Å². The Hall–Kier alpha value is -1.77. The quantitative estimate of drug-likeness (QED) is 0.738. The molecule has 0 aliphatic heterocycles. The number of amides is 2. The van der Waals surface area contributed by atoms with Crippen molar-refractivity contribution in [1.82, 2.24) is 10.2 Å². The summed E-state index contributed by atoms with van der Waals surface area (Å²) < 4.78 is 46.2. The van der Waals surface area contributed by atoms with Crippen molar-refractivity contribution in [3.05, 3.63) is 34.3 Å². The number of rotatable bonds is 4. The molecule has 0 heterocycles. The van der Waals surface area contributed by atoms with Crippen LogP contribution in [0.3, 0.4) is 0 Å². The van der Waals surface area contributed by atoms with Crippen LogP contribution in [0.2, 0.25) is 0 Å². The molecule has 0 aromatic heterocycles. The summed E-state index contributed by atoms with van der Waals surface area (Å²) in [7, 11) is 2.46. The molecule has 150 valence electrons. The monoisotopic (exact) mass is 450 g/mol. The van der Waals surface area contributed by atoms with E-state index in [1.807, 2.05) is 0 Å². The molecule has 1 aliphatic carbocycles. The molecule has 1 aromatic carbocycles. The Kier molecular flexibility index (Phi) is 7.13. The normalized spacial score (nSPS) is 21.3. The number of ether oxygens (including phenoxy) is 1. The van der Waals surface area contributed by atoms with Crippen LogP contribution in [0.25, 0.3) is 0 Å². The smallest absolute Gasteiger partial charge is 0.413 e. The summed E-state index contributed by atoms with van der Waals surface area (Å²) in [5.41, 5.74) is 0.0163. The highest BCUT2D eigenvalue weighted by molar-refractivity contribution is 9.10. The van der Waals surface area contributed by atoms with Crippen molar-refractivity contribution in [3.8, 4) is 0 Å². The Morgan fingerprint density at radius 2 is 1.74 bits per heavy atom. The van der Waals surface area contributed by atoms with E-state index in [1.165, 1.54) is 38.4 Å². The van der Waals surface area contributed by atoms with Crippen molar-refractivity contribution >= 4 is 27.9 Å². The molecule has 1 saturated carbocycles. The first-order valence-corrected chi connectivity index (χ1v) is 9.36. The van der Waals surface area contributed by atoms with Crippen LogP contribution >= 0.6 is 15.9 Å². The summed E-state index contributed by atoms with van der Waals surface area (Å²) >= 11 is 3.20. The van der Waals surface area contributed by atoms with Gasteiger partial charge >= 0.3 is 12.3 Å². The summed E-state index contributed by atoms with van der Waals surface area (Å²) in [5.74, 6) is -1.03. The fraction of sp³-hybridized carbons (Fsp3) is 0.556. The lowest BCUT2D eigenvalue weighted by atomic mass is 9.85. The van der Waals surface area contributed by atoms with E-state index in [9.17, 15) is 22.8 Å². The van der Waals surface area contributed by atoms with E-state index >= 15 is 0 Å². The summed E-state index contributed by atoms with van der Waals surface area (Å²) in [4.78, 5) is 24.8. The van der Waals surface area contributed by atoms with Crippen molar-refractivity contribution in [2.24, 2.45) is 5.92 Å². The maximum atomic E-state index is 13.7. The van der Waals surface area contributed by atoms with Crippen LogP contribution in [0.4, 0.5) is 18.0 Å². The second-order valence-electron chi connectivity index (χ2n) is 6.63. The standard InChI is InChI=1S/C18H22BrF3N2O3/c1-24(15(18(20,21)22)11-3-7-13(19)8-4-11)16(25)12-5-9-14(10-6-12)23-17(26)27-2/h3-4,7-8,12,14-15H,5-6,9-10H2,1-2H3,(H,23,26)/t12?,14?,15-/m0/s1. The van der Waals surface area contributed by atoms with Crippen LogP contribution in [0.5, 0.6) is 0 Å². The number of hydrogen-bond acceptors (Lipinski definition) is 3. The van der Waals surface area contributed by atoms with Crippen LogP contribution in [-0.4, -0.2) is 43.3 Å². The fourth-order valence-corrected chi connectivity index (χ4v) is 3.67. The number of alkyl carbamates (subject to hydrolysis) is 1. The van der Waals surface area contributed by atoms with E-state index in [-0.39, 0.29) is 11.6 Å². The topological polar surface area (TPSA) is 58.6 Å². The lowest BCUT2D eigenvalue weighted by Crippen LogP contribution is -2.45. The van der Waals surface area contributed by atoms with Crippen molar-refractivity contribution < 1.29 is 27.5 Å². The molecule has 1 fully saturated rings. The van der Waals surface area contributed by atoms with Crippen molar-refractivity contribution in [2.75, 3.05) is 14.2 Å². The Morgan fingerprint density at radius 3 is 2.22 bits per heavy atom. The molecule has 0 saturated heterocycles. The van der Waals surface area contributed by atoms with Gasteiger partial charge in [0.25, 0.3) is 0 Å². The third-order valence-electron chi connectivity index (χ3n) is 4.81. The SMILES string of the molecule is COC(=O)NC1CCC(C(=O)N(C)[C@@H](c2ccc(Br)cc2)C(F)(F)F)CC1. The number of methoxy groups -OCH3 is 1. The first kappa shape index (κ1) is 21.5. The predicted octanol–water partition coefficient (Wildman–Crippen LogP) is 4.43. The highest BCUT2D eigenvalue weighted by Gasteiger charge is 2.46. The van der Waals surface area contributed by atoms with E-state index in [0.717, 1.165) is 4.90 Å². The molecule has 1 atom stereocenters. The Bertz CT molecular complexity index is 659. The predicted molar refractivity (Wildman–Crippen MR) is 97.0 cm³/mol. The van der Waals surface area contributed by atoms with Crippen LogP contribution in [0.15, 0.2) is 28.7 Å². The molecular weight excluding hydrogens is 429 g/mol. The zero-order chi connectivity index (χ0) is 20.2. The van der Waals surface area contributed by atoms with E-state index in [2.05, 4.69) is 26.0 Å². The molecule has 1 aliphatic rings. The number of benzene rings is 1. The minimum Gasteiger partial charge on any atom is -0.453 e. The molecular formula is C18H22BrF3N2O3. The molecule has 0 radical (unpaired) electrons. The Labute approximate surface area is 164 Å². The second kappa shape index (κ2) is 8.95. The lowest BCUT2D eigenvalue weighted by molar-refractivity contribution is -0.191. The number of alkyl halides is 3. The van der Waals surface area contributed by atoms with Gasteiger partial charge in [0.15, 0.2) is 6.04 Å². The summed E-state index contributed by atoms with van der Waals surface area (Å²) in [6, 6.07) is 3.65. The number of carbonyl (C=O) groups is 2. The summed E-state index contributed by atoms with van der Waals surface area (Å²) in [5, 5.41) is 2.66. The molecule has 2 rings (SSSR count). The summed E-state index contributed by atoms with van der Waals surface area (Å²) in [6.45, 7) is 0. The van der Waals surface area contributed by atoms with Crippen LogP contribution in [0, 0.1) is 5.92 Å². The maximum absolute atomic E-state index is 13.7. The summed E-state index contributed by atoms with van der Waals surface area (Å²) in [6.07, 6.45) is -3.25. The zero-order valence-corrected chi connectivity index (χ0v) is 16.6. The number of nitrogens with zero attached hydrogens (tertiary/aromatic N) is 1. The van der Waals surface area contributed by atoms with Gasteiger partial charge in [0, 0.05) is 23.5 Å². The molecule has 0 spiro atoms. The molecule has 5 nitrogen and oxygen atoms in total. The van der Waals surface area contributed by atoms with Gasteiger partial charge in [-0.1, -0.05) is 28.1 Å². The molecule has 2 amide bonds. The number of carbonyl (C=O) groups excluding carboxylic acids is 2. The number of nitrogens with one attached hydrogen (secondary N) is 1. The number of hydrogen-bond donors (Lipinski definition) is 1. The van der Waals surface area contributed by atoms with E-state index in [4.69, 9.17) is 0 Å². The first-order chi connectivity index (χ1) is 12.6.